The molecule has 96 valence electrons. The van der Waals surface area contributed by atoms with Crippen LogP contribution in [0.2, 0.25) is 0 Å². The van der Waals surface area contributed by atoms with Crippen LogP contribution in [0.5, 0.6) is 5.75 Å². The number of carbonyl (C=O) groups excluding carboxylic acids is 2. The Morgan fingerprint density at radius 3 is 2.94 bits per heavy atom. The van der Waals surface area contributed by atoms with Gasteiger partial charge in [0, 0.05) is 17.6 Å². The van der Waals surface area contributed by atoms with Crippen LogP contribution < -0.4 is 10.1 Å². The first-order chi connectivity index (χ1) is 8.61. The minimum Gasteiger partial charge on any atom is -0.496 e. The number of ether oxygens (including phenoxy) is 1. The van der Waals surface area contributed by atoms with Crippen LogP contribution in [-0.4, -0.2) is 43.5 Å². The van der Waals surface area contributed by atoms with E-state index in [-0.39, 0.29) is 18.4 Å². The number of hydrogen-bond donors (Lipinski definition) is 1. The van der Waals surface area contributed by atoms with Crippen LogP contribution >= 0.6 is 15.9 Å². The van der Waals surface area contributed by atoms with Gasteiger partial charge >= 0.3 is 0 Å². The molecule has 1 aromatic carbocycles. The van der Waals surface area contributed by atoms with E-state index < -0.39 is 0 Å². The van der Waals surface area contributed by atoms with Gasteiger partial charge in [-0.25, -0.2) is 0 Å². The Morgan fingerprint density at radius 1 is 1.50 bits per heavy atom. The molecule has 6 heteroatoms. The zero-order valence-corrected chi connectivity index (χ0v) is 11.5. The van der Waals surface area contributed by atoms with E-state index in [9.17, 15) is 9.59 Å². The first kappa shape index (κ1) is 12.9. The number of piperazine rings is 1. The summed E-state index contributed by atoms with van der Waals surface area (Å²) in [4.78, 5) is 25.1. The lowest BCUT2D eigenvalue weighted by Gasteiger charge is -2.27. The SMILES string of the molecule is COc1cc(Br)ccc1C(=O)N1CCNC(=O)C1. The van der Waals surface area contributed by atoms with Gasteiger partial charge in [-0.2, -0.15) is 0 Å². The average molecular weight is 313 g/mol. The van der Waals surface area contributed by atoms with Crippen LogP contribution in [-0.2, 0) is 4.79 Å². The lowest BCUT2D eigenvalue weighted by Crippen LogP contribution is -2.50. The lowest BCUT2D eigenvalue weighted by molar-refractivity contribution is -0.123. The van der Waals surface area contributed by atoms with Crippen molar-refractivity contribution in [1.29, 1.82) is 0 Å². The number of hydrogen-bond acceptors (Lipinski definition) is 3. The maximum absolute atomic E-state index is 12.3. The molecule has 1 aliphatic rings. The minimum absolute atomic E-state index is 0.0953. The Kier molecular flexibility index (Phi) is 3.86. The molecule has 1 saturated heterocycles. The summed E-state index contributed by atoms with van der Waals surface area (Å²) in [7, 11) is 1.52. The Hall–Kier alpha value is -1.56. The summed E-state index contributed by atoms with van der Waals surface area (Å²) in [6, 6.07) is 5.20. The normalized spacial score (nSPS) is 15.2. The second kappa shape index (κ2) is 5.39. The summed E-state index contributed by atoms with van der Waals surface area (Å²) in [6.45, 7) is 1.10. The van der Waals surface area contributed by atoms with E-state index in [1.54, 1.807) is 18.2 Å². The topological polar surface area (TPSA) is 58.6 Å². The number of halogens is 1. The molecule has 0 bridgehead atoms. The van der Waals surface area contributed by atoms with E-state index in [0.29, 0.717) is 24.4 Å². The maximum Gasteiger partial charge on any atom is 0.258 e. The molecule has 0 aromatic heterocycles. The Bertz CT molecular complexity index is 490. The van der Waals surface area contributed by atoms with Crippen molar-refractivity contribution in [3.63, 3.8) is 0 Å². The molecule has 2 rings (SSSR count). The Balaban J connectivity index is 2.25. The molecular formula is C12H13BrN2O3. The van der Waals surface area contributed by atoms with Gasteiger partial charge in [0.25, 0.3) is 5.91 Å². The number of rotatable bonds is 2. The fraction of sp³-hybridized carbons (Fsp3) is 0.333. The average Bonchev–Trinajstić information content (AvgIpc) is 2.37. The van der Waals surface area contributed by atoms with Crippen LogP contribution in [0.15, 0.2) is 22.7 Å². The number of nitrogens with one attached hydrogen (secondary N) is 1. The zero-order valence-electron chi connectivity index (χ0n) is 9.90. The van der Waals surface area contributed by atoms with E-state index in [0.717, 1.165) is 4.47 Å². The van der Waals surface area contributed by atoms with Crippen LogP contribution in [0.1, 0.15) is 10.4 Å². The predicted molar refractivity (Wildman–Crippen MR) is 69.6 cm³/mol. The molecule has 0 aliphatic carbocycles. The largest absolute Gasteiger partial charge is 0.496 e. The number of amides is 2. The first-order valence-corrected chi connectivity index (χ1v) is 6.30. The van der Waals surface area contributed by atoms with Gasteiger partial charge in [-0.15, -0.1) is 0 Å². The highest BCUT2D eigenvalue weighted by molar-refractivity contribution is 9.10. The van der Waals surface area contributed by atoms with E-state index in [1.807, 2.05) is 0 Å². The molecule has 0 radical (unpaired) electrons. The molecule has 0 saturated carbocycles. The molecule has 1 N–H and O–H groups in total. The second-order valence-electron chi connectivity index (χ2n) is 3.92. The lowest BCUT2D eigenvalue weighted by atomic mass is 10.1. The standard InChI is InChI=1S/C12H13BrN2O3/c1-18-10-6-8(13)2-3-9(10)12(17)15-5-4-14-11(16)7-15/h2-3,6H,4-5,7H2,1H3,(H,14,16). The molecule has 1 fully saturated rings. The van der Waals surface area contributed by atoms with Crippen LogP contribution in [0, 0.1) is 0 Å². The molecule has 5 nitrogen and oxygen atoms in total. The molecule has 0 atom stereocenters. The van der Waals surface area contributed by atoms with Crippen molar-refractivity contribution in [2.24, 2.45) is 0 Å². The van der Waals surface area contributed by atoms with E-state index in [4.69, 9.17) is 4.74 Å². The van der Waals surface area contributed by atoms with Crippen molar-refractivity contribution in [3.8, 4) is 5.75 Å². The Labute approximate surface area is 113 Å². The summed E-state index contributed by atoms with van der Waals surface area (Å²) in [5, 5.41) is 2.68. The van der Waals surface area contributed by atoms with E-state index in [1.165, 1.54) is 12.0 Å². The highest BCUT2D eigenvalue weighted by Gasteiger charge is 2.24. The van der Waals surface area contributed by atoms with Crippen molar-refractivity contribution in [2.75, 3.05) is 26.7 Å². The quantitative estimate of drug-likeness (QED) is 0.887. The van der Waals surface area contributed by atoms with Crippen molar-refractivity contribution < 1.29 is 14.3 Å². The third-order valence-corrected chi connectivity index (χ3v) is 3.21. The van der Waals surface area contributed by atoms with Gasteiger partial charge in [-0.05, 0) is 18.2 Å². The summed E-state index contributed by atoms with van der Waals surface area (Å²) in [5.74, 6) is 0.181. The smallest absolute Gasteiger partial charge is 0.258 e. The van der Waals surface area contributed by atoms with Gasteiger partial charge in [-0.3, -0.25) is 9.59 Å². The zero-order chi connectivity index (χ0) is 13.1. The number of benzene rings is 1. The molecule has 18 heavy (non-hydrogen) atoms. The molecular weight excluding hydrogens is 300 g/mol. The second-order valence-corrected chi connectivity index (χ2v) is 4.84. The Morgan fingerprint density at radius 2 is 2.28 bits per heavy atom. The van der Waals surface area contributed by atoms with Gasteiger partial charge < -0.3 is 15.0 Å². The van der Waals surface area contributed by atoms with Crippen LogP contribution in [0.3, 0.4) is 0 Å². The van der Waals surface area contributed by atoms with Gasteiger partial charge in [0.2, 0.25) is 5.91 Å². The molecule has 1 aromatic rings. The first-order valence-electron chi connectivity index (χ1n) is 5.51. The van der Waals surface area contributed by atoms with Crippen LogP contribution in [0.4, 0.5) is 0 Å². The molecule has 1 heterocycles. The van der Waals surface area contributed by atoms with Gasteiger partial charge in [0.05, 0.1) is 19.2 Å². The fourth-order valence-corrected chi connectivity index (χ4v) is 2.16. The van der Waals surface area contributed by atoms with E-state index in [2.05, 4.69) is 21.2 Å². The van der Waals surface area contributed by atoms with Crippen LogP contribution in [0.25, 0.3) is 0 Å². The van der Waals surface area contributed by atoms with Crippen molar-refractivity contribution in [1.82, 2.24) is 10.2 Å². The highest BCUT2D eigenvalue weighted by atomic mass is 79.9. The summed E-state index contributed by atoms with van der Waals surface area (Å²) < 4.78 is 6.03. The maximum atomic E-state index is 12.3. The predicted octanol–water partition coefficient (Wildman–Crippen LogP) is 1.03. The number of methoxy groups -OCH3 is 1. The summed E-state index contributed by atoms with van der Waals surface area (Å²) >= 11 is 3.32. The number of nitrogens with zero attached hydrogens (tertiary/aromatic N) is 1. The molecule has 2 amide bonds. The van der Waals surface area contributed by atoms with Crippen molar-refractivity contribution >= 4 is 27.7 Å². The summed E-state index contributed by atoms with van der Waals surface area (Å²) in [6.07, 6.45) is 0. The molecule has 0 unspecified atom stereocenters. The highest BCUT2D eigenvalue weighted by Crippen LogP contribution is 2.24. The molecule has 1 aliphatic heterocycles. The monoisotopic (exact) mass is 312 g/mol. The van der Waals surface area contributed by atoms with Crippen molar-refractivity contribution in [3.05, 3.63) is 28.2 Å². The third kappa shape index (κ3) is 2.64. The van der Waals surface area contributed by atoms with Gasteiger partial charge in [0.1, 0.15) is 5.75 Å². The van der Waals surface area contributed by atoms with Gasteiger partial charge in [0.15, 0.2) is 0 Å². The third-order valence-electron chi connectivity index (χ3n) is 2.72. The molecule has 0 spiro atoms. The summed E-state index contributed by atoms with van der Waals surface area (Å²) in [5.41, 5.74) is 0.468. The van der Waals surface area contributed by atoms with Gasteiger partial charge in [-0.1, -0.05) is 15.9 Å². The van der Waals surface area contributed by atoms with E-state index >= 15 is 0 Å². The number of carbonyl (C=O) groups is 2. The minimum atomic E-state index is -0.186. The van der Waals surface area contributed by atoms with Crippen molar-refractivity contribution in [2.45, 2.75) is 0 Å². The fourth-order valence-electron chi connectivity index (χ4n) is 1.82.